The molecule has 2 aromatic carbocycles. The van der Waals surface area contributed by atoms with Crippen molar-refractivity contribution in [2.75, 3.05) is 11.9 Å². The zero-order valence-corrected chi connectivity index (χ0v) is 16.8. The van der Waals surface area contributed by atoms with Gasteiger partial charge in [-0.1, -0.05) is 30.3 Å². The summed E-state index contributed by atoms with van der Waals surface area (Å²) in [6.07, 6.45) is 2.49. The lowest BCUT2D eigenvalue weighted by molar-refractivity contribution is -0.136. The van der Waals surface area contributed by atoms with Gasteiger partial charge in [-0.15, -0.1) is 0 Å². The number of para-hydroxylation sites is 1. The Labute approximate surface area is 175 Å². The summed E-state index contributed by atoms with van der Waals surface area (Å²) in [5.74, 6) is -0.811. The molecule has 0 radical (unpaired) electrons. The van der Waals surface area contributed by atoms with E-state index in [1.807, 2.05) is 30.3 Å². The molecule has 7 nitrogen and oxygen atoms in total. The fourth-order valence-corrected chi connectivity index (χ4v) is 4.11. The summed E-state index contributed by atoms with van der Waals surface area (Å²) >= 11 is 0. The number of aryl methyl sites for hydroxylation is 1. The first-order chi connectivity index (χ1) is 14.6. The van der Waals surface area contributed by atoms with Crippen LogP contribution in [0.5, 0.6) is 0 Å². The van der Waals surface area contributed by atoms with Crippen LogP contribution in [-0.2, 0) is 29.1 Å². The van der Waals surface area contributed by atoms with Gasteiger partial charge >= 0.3 is 0 Å². The van der Waals surface area contributed by atoms with Gasteiger partial charge in [0.05, 0.1) is 0 Å². The number of nitrogens with zero attached hydrogens (tertiary/aromatic N) is 1. The van der Waals surface area contributed by atoms with Gasteiger partial charge in [-0.2, -0.15) is 0 Å². The Bertz CT molecular complexity index is 988. The predicted octanol–water partition coefficient (Wildman–Crippen LogP) is 1.95. The molecule has 30 heavy (non-hydrogen) atoms. The molecule has 0 aromatic heterocycles. The SMILES string of the molecule is NCCCc1ccccc1NCc1ccc2c(c1)C(=O)N(C1CCC(=O)NC1=O)C2. The van der Waals surface area contributed by atoms with Gasteiger partial charge in [-0.25, -0.2) is 0 Å². The molecule has 1 atom stereocenters. The Balaban J connectivity index is 1.45. The van der Waals surface area contributed by atoms with Gasteiger partial charge in [0.15, 0.2) is 0 Å². The van der Waals surface area contributed by atoms with Crippen LogP contribution >= 0.6 is 0 Å². The zero-order valence-electron chi connectivity index (χ0n) is 16.8. The predicted molar refractivity (Wildman–Crippen MR) is 114 cm³/mol. The van der Waals surface area contributed by atoms with Crippen molar-refractivity contribution in [3.8, 4) is 0 Å². The molecule has 2 aliphatic rings. The average molecular weight is 406 g/mol. The lowest BCUT2D eigenvalue weighted by atomic mass is 10.0. The lowest BCUT2D eigenvalue weighted by Crippen LogP contribution is -2.52. The summed E-state index contributed by atoms with van der Waals surface area (Å²) in [5, 5.41) is 5.80. The van der Waals surface area contributed by atoms with Gasteiger partial charge in [0.2, 0.25) is 11.8 Å². The number of carbonyl (C=O) groups is 3. The molecule has 2 aromatic rings. The molecule has 0 aliphatic carbocycles. The van der Waals surface area contributed by atoms with Crippen LogP contribution in [-0.4, -0.2) is 35.2 Å². The van der Waals surface area contributed by atoms with E-state index < -0.39 is 6.04 Å². The maximum absolute atomic E-state index is 13.0. The largest absolute Gasteiger partial charge is 0.381 e. The van der Waals surface area contributed by atoms with E-state index in [0.717, 1.165) is 29.7 Å². The third kappa shape index (κ3) is 4.07. The Morgan fingerprint density at radius 1 is 1.13 bits per heavy atom. The number of carbonyl (C=O) groups excluding carboxylic acids is 3. The van der Waals surface area contributed by atoms with E-state index in [2.05, 4.69) is 22.8 Å². The fourth-order valence-electron chi connectivity index (χ4n) is 4.11. The van der Waals surface area contributed by atoms with Crippen molar-refractivity contribution in [3.05, 3.63) is 64.7 Å². The Kier molecular flexibility index (Phi) is 5.81. The molecule has 1 fully saturated rings. The van der Waals surface area contributed by atoms with Crippen molar-refractivity contribution in [3.63, 3.8) is 0 Å². The number of nitrogens with two attached hydrogens (primary N) is 1. The second-order valence-electron chi connectivity index (χ2n) is 7.79. The van der Waals surface area contributed by atoms with E-state index in [9.17, 15) is 14.4 Å². The van der Waals surface area contributed by atoms with E-state index in [0.29, 0.717) is 31.6 Å². The second-order valence-corrected chi connectivity index (χ2v) is 7.79. The first-order valence-corrected chi connectivity index (χ1v) is 10.3. The molecule has 2 heterocycles. The number of anilines is 1. The van der Waals surface area contributed by atoms with Crippen molar-refractivity contribution < 1.29 is 14.4 Å². The summed E-state index contributed by atoms with van der Waals surface area (Å²) < 4.78 is 0. The summed E-state index contributed by atoms with van der Waals surface area (Å²) in [5.41, 5.74) is 10.5. The number of nitrogens with one attached hydrogen (secondary N) is 2. The molecule has 1 saturated heterocycles. The number of hydrogen-bond acceptors (Lipinski definition) is 5. The van der Waals surface area contributed by atoms with Crippen molar-refractivity contribution in [2.24, 2.45) is 5.73 Å². The maximum Gasteiger partial charge on any atom is 0.255 e. The number of fused-ring (bicyclic) bond motifs is 1. The van der Waals surface area contributed by atoms with Gasteiger partial charge < -0.3 is 16.0 Å². The minimum absolute atomic E-state index is 0.148. The van der Waals surface area contributed by atoms with Gasteiger partial charge in [-0.05, 0) is 54.6 Å². The van der Waals surface area contributed by atoms with E-state index in [4.69, 9.17) is 5.73 Å². The van der Waals surface area contributed by atoms with Gasteiger partial charge in [0.25, 0.3) is 5.91 Å². The van der Waals surface area contributed by atoms with Crippen LogP contribution < -0.4 is 16.4 Å². The van der Waals surface area contributed by atoms with E-state index in [1.54, 1.807) is 4.90 Å². The monoisotopic (exact) mass is 406 g/mol. The van der Waals surface area contributed by atoms with Gasteiger partial charge in [-0.3, -0.25) is 19.7 Å². The molecule has 7 heteroatoms. The highest BCUT2D eigenvalue weighted by Crippen LogP contribution is 2.28. The lowest BCUT2D eigenvalue weighted by Gasteiger charge is -2.29. The standard InChI is InChI=1S/C23H26N4O3/c24-11-3-5-16-4-1-2-6-19(16)25-13-15-7-8-17-14-27(23(30)18(17)12-15)20-9-10-21(28)26-22(20)29/h1-2,4,6-8,12,20,25H,3,5,9-11,13-14,24H2,(H,26,28,29). The van der Waals surface area contributed by atoms with Crippen LogP contribution in [0.25, 0.3) is 0 Å². The first-order valence-electron chi connectivity index (χ1n) is 10.3. The topological polar surface area (TPSA) is 105 Å². The number of hydrogen-bond donors (Lipinski definition) is 3. The number of amides is 3. The highest BCUT2D eigenvalue weighted by atomic mass is 16.2. The summed E-state index contributed by atoms with van der Waals surface area (Å²) in [6, 6.07) is 13.5. The third-order valence-electron chi connectivity index (χ3n) is 5.74. The molecule has 1 unspecified atom stereocenters. The molecule has 0 bridgehead atoms. The zero-order chi connectivity index (χ0) is 21.1. The third-order valence-corrected chi connectivity index (χ3v) is 5.74. The molecule has 4 rings (SSSR count). The van der Waals surface area contributed by atoms with Crippen molar-refractivity contribution in [1.82, 2.24) is 10.2 Å². The highest BCUT2D eigenvalue weighted by Gasteiger charge is 2.39. The van der Waals surface area contributed by atoms with Crippen LogP contribution in [0, 0.1) is 0 Å². The molecule has 156 valence electrons. The minimum Gasteiger partial charge on any atom is -0.381 e. The Morgan fingerprint density at radius 2 is 1.97 bits per heavy atom. The fraction of sp³-hybridized carbons (Fsp3) is 0.348. The normalized spacial score (nSPS) is 18.4. The quantitative estimate of drug-likeness (QED) is 0.610. The molecule has 4 N–H and O–H groups in total. The highest BCUT2D eigenvalue weighted by molar-refractivity contribution is 6.05. The number of imide groups is 1. The maximum atomic E-state index is 13.0. The van der Waals surface area contributed by atoms with Crippen LogP contribution in [0.1, 0.15) is 46.3 Å². The van der Waals surface area contributed by atoms with Gasteiger partial charge in [0.1, 0.15) is 6.04 Å². The van der Waals surface area contributed by atoms with E-state index in [1.165, 1.54) is 5.56 Å². The molecule has 3 amide bonds. The smallest absolute Gasteiger partial charge is 0.255 e. The van der Waals surface area contributed by atoms with Crippen LogP contribution in [0.4, 0.5) is 5.69 Å². The van der Waals surface area contributed by atoms with Gasteiger partial charge in [0, 0.05) is 30.8 Å². The Morgan fingerprint density at radius 3 is 2.77 bits per heavy atom. The van der Waals surface area contributed by atoms with E-state index in [-0.39, 0.29) is 24.1 Å². The van der Waals surface area contributed by atoms with Crippen molar-refractivity contribution in [1.29, 1.82) is 0 Å². The second kappa shape index (κ2) is 8.67. The molecule has 2 aliphatic heterocycles. The average Bonchev–Trinajstić information content (AvgIpc) is 3.07. The van der Waals surface area contributed by atoms with Crippen LogP contribution in [0.15, 0.2) is 42.5 Å². The van der Waals surface area contributed by atoms with Crippen molar-refractivity contribution >= 4 is 23.4 Å². The first kappa shape index (κ1) is 20.1. The van der Waals surface area contributed by atoms with Crippen molar-refractivity contribution in [2.45, 2.75) is 44.8 Å². The van der Waals surface area contributed by atoms with E-state index >= 15 is 0 Å². The summed E-state index contributed by atoms with van der Waals surface area (Å²) in [7, 11) is 0. The number of benzene rings is 2. The Hall–Kier alpha value is -3.19. The molecule has 0 saturated carbocycles. The molecular weight excluding hydrogens is 380 g/mol. The number of rotatable bonds is 7. The number of piperidine rings is 1. The molecular formula is C23H26N4O3. The molecule has 0 spiro atoms. The summed E-state index contributed by atoms with van der Waals surface area (Å²) in [4.78, 5) is 38.1. The van der Waals surface area contributed by atoms with Crippen LogP contribution in [0.3, 0.4) is 0 Å². The minimum atomic E-state index is -0.585. The summed E-state index contributed by atoms with van der Waals surface area (Å²) in [6.45, 7) is 1.65. The van der Waals surface area contributed by atoms with Crippen LogP contribution in [0.2, 0.25) is 0 Å².